The lowest BCUT2D eigenvalue weighted by atomic mass is 10.1. The van der Waals surface area contributed by atoms with E-state index in [1.54, 1.807) is 31.4 Å². The fourth-order valence-electron chi connectivity index (χ4n) is 2.69. The number of methoxy groups -OCH3 is 1. The fourth-order valence-corrected chi connectivity index (χ4v) is 2.69. The molecule has 7 nitrogen and oxygen atoms in total. The van der Waals surface area contributed by atoms with Crippen LogP contribution in [0.5, 0.6) is 5.75 Å². The molecule has 0 aliphatic carbocycles. The predicted molar refractivity (Wildman–Crippen MR) is 119 cm³/mol. The summed E-state index contributed by atoms with van der Waals surface area (Å²) < 4.78 is 10.4. The minimum Gasteiger partial charge on any atom is -0.497 e. The van der Waals surface area contributed by atoms with Crippen LogP contribution in [0.1, 0.15) is 48.7 Å². The number of carbonyl (C=O) groups is 2. The SMILES string of the molecule is CCCCOC(=O)c1ccccc1NC(=O)/C(C#N)=C\NC(C)c1ccc(OC)cc1. The van der Waals surface area contributed by atoms with E-state index in [0.717, 1.165) is 24.2 Å². The average molecular weight is 421 g/mol. The molecule has 1 atom stereocenters. The first-order chi connectivity index (χ1) is 15.0. The number of anilines is 1. The summed E-state index contributed by atoms with van der Waals surface area (Å²) in [5, 5.41) is 15.1. The highest BCUT2D eigenvalue weighted by molar-refractivity contribution is 6.09. The lowest BCUT2D eigenvalue weighted by molar-refractivity contribution is -0.112. The Morgan fingerprint density at radius 2 is 1.87 bits per heavy atom. The van der Waals surface area contributed by atoms with Crippen molar-refractivity contribution in [2.45, 2.75) is 32.7 Å². The molecule has 0 aliphatic heterocycles. The largest absolute Gasteiger partial charge is 0.497 e. The minimum absolute atomic E-state index is 0.116. The zero-order valence-electron chi connectivity index (χ0n) is 18.0. The standard InChI is InChI=1S/C24H27N3O4/c1-4-5-14-31-24(29)21-8-6-7-9-22(21)27-23(28)19(15-25)16-26-17(2)18-10-12-20(30-3)13-11-18/h6-13,16-17,26H,4-5,14H2,1-3H3,(H,27,28)/b19-16-. The molecule has 0 heterocycles. The van der Waals surface area contributed by atoms with Crippen molar-refractivity contribution in [2.24, 2.45) is 0 Å². The summed E-state index contributed by atoms with van der Waals surface area (Å²) in [6.45, 7) is 4.22. The molecule has 2 aromatic carbocycles. The van der Waals surface area contributed by atoms with Crippen molar-refractivity contribution in [1.82, 2.24) is 5.32 Å². The lowest BCUT2D eigenvalue weighted by Crippen LogP contribution is -2.20. The van der Waals surface area contributed by atoms with Crippen LogP contribution in [0, 0.1) is 11.3 Å². The number of benzene rings is 2. The number of carbonyl (C=O) groups excluding carboxylic acids is 2. The number of nitrogens with zero attached hydrogens (tertiary/aromatic N) is 1. The molecule has 31 heavy (non-hydrogen) atoms. The summed E-state index contributed by atoms with van der Waals surface area (Å²) >= 11 is 0. The summed E-state index contributed by atoms with van der Waals surface area (Å²) in [5.74, 6) is -0.390. The Morgan fingerprint density at radius 1 is 1.16 bits per heavy atom. The first-order valence-corrected chi connectivity index (χ1v) is 10.1. The molecule has 162 valence electrons. The van der Waals surface area contributed by atoms with Gasteiger partial charge in [0.2, 0.25) is 0 Å². The van der Waals surface area contributed by atoms with Crippen LogP contribution in [-0.4, -0.2) is 25.6 Å². The van der Waals surface area contributed by atoms with Gasteiger partial charge in [-0.3, -0.25) is 4.79 Å². The molecule has 0 spiro atoms. The molecular weight excluding hydrogens is 394 g/mol. The van der Waals surface area contributed by atoms with Crippen LogP contribution in [0.2, 0.25) is 0 Å². The average Bonchev–Trinajstić information content (AvgIpc) is 2.79. The molecule has 1 unspecified atom stereocenters. The maximum absolute atomic E-state index is 12.6. The van der Waals surface area contributed by atoms with Crippen molar-refractivity contribution in [1.29, 1.82) is 5.26 Å². The van der Waals surface area contributed by atoms with Crippen molar-refractivity contribution in [2.75, 3.05) is 19.0 Å². The second-order valence-corrected chi connectivity index (χ2v) is 6.82. The van der Waals surface area contributed by atoms with Gasteiger partial charge < -0.3 is 20.1 Å². The fraction of sp³-hybridized carbons (Fsp3) is 0.292. The topological polar surface area (TPSA) is 100 Å². The van der Waals surface area contributed by atoms with Crippen molar-refractivity contribution in [3.05, 3.63) is 71.4 Å². The van der Waals surface area contributed by atoms with Crippen molar-refractivity contribution in [3.8, 4) is 11.8 Å². The third-order valence-electron chi connectivity index (χ3n) is 4.58. The summed E-state index contributed by atoms with van der Waals surface area (Å²) in [4.78, 5) is 24.9. The molecular formula is C24H27N3O4. The molecule has 0 bridgehead atoms. The van der Waals surface area contributed by atoms with Crippen molar-refractivity contribution >= 4 is 17.6 Å². The summed E-state index contributed by atoms with van der Waals surface area (Å²) in [7, 11) is 1.60. The Labute approximate surface area is 182 Å². The third-order valence-corrected chi connectivity index (χ3v) is 4.58. The van der Waals surface area contributed by atoms with Crippen molar-refractivity contribution < 1.29 is 19.1 Å². The highest BCUT2D eigenvalue weighted by Gasteiger charge is 2.17. The molecule has 1 amide bonds. The Balaban J connectivity index is 2.07. The summed E-state index contributed by atoms with van der Waals surface area (Å²) in [5.41, 5.74) is 1.38. The zero-order valence-corrected chi connectivity index (χ0v) is 18.0. The second-order valence-electron chi connectivity index (χ2n) is 6.82. The molecule has 0 saturated heterocycles. The molecule has 7 heteroatoms. The van der Waals surface area contributed by atoms with E-state index in [9.17, 15) is 14.9 Å². The van der Waals surface area contributed by atoms with Gasteiger partial charge in [0.25, 0.3) is 5.91 Å². The molecule has 0 saturated carbocycles. The molecule has 2 N–H and O–H groups in total. The number of unbranched alkanes of at least 4 members (excludes halogenated alkanes) is 1. The molecule has 0 fully saturated rings. The van der Waals surface area contributed by atoms with Crippen molar-refractivity contribution in [3.63, 3.8) is 0 Å². The van der Waals surface area contributed by atoms with Gasteiger partial charge in [-0.25, -0.2) is 4.79 Å². The van der Waals surface area contributed by atoms with E-state index in [2.05, 4.69) is 10.6 Å². The normalized spacial score (nSPS) is 11.7. The van der Waals surface area contributed by atoms with E-state index in [-0.39, 0.29) is 17.2 Å². The van der Waals surface area contributed by atoms with Crippen LogP contribution in [0.25, 0.3) is 0 Å². The van der Waals surface area contributed by atoms with Gasteiger partial charge in [-0.05, 0) is 43.2 Å². The number of nitriles is 1. The second kappa shape index (κ2) is 12.0. The highest BCUT2D eigenvalue weighted by Crippen LogP contribution is 2.19. The summed E-state index contributed by atoms with van der Waals surface area (Å²) in [6.07, 6.45) is 3.04. The maximum atomic E-state index is 12.6. The minimum atomic E-state index is -0.620. The third kappa shape index (κ3) is 6.89. The number of rotatable bonds is 10. The van der Waals surface area contributed by atoms with E-state index in [0.29, 0.717) is 12.3 Å². The maximum Gasteiger partial charge on any atom is 0.340 e. The highest BCUT2D eigenvalue weighted by atomic mass is 16.5. The molecule has 2 aromatic rings. The van der Waals surface area contributed by atoms with Crippen LogP contribution in [0.15, 0.2) is 60.3 Å². The van der Waals surface area contributed by atoms with E-state index in [1.165, 1.54) is 6.20 Å². The monoisotopic (exact) mass is 421 g/mol. The number of nitrogens with one attached hydrogen (secondary N) is 2. The number of amides is 1. The van der Waals surface area contributed by atoms with Gasteiger partial charge in [-0.1, -0.05) is 37.6 Å². The molecule has 0 aliphatic rings. The molecule has 0 radical (unpaired) electrons. The number of para-hydroxylation sites is 1. The van der Waals surface area contributed by atoms with E-state index >= 15 is 0 Å². The quantitative estimate of drug-likeness (QED) is 0.256. The van der Waals surface area contributed by atoms with E-state index in [4.69, 9.17) is 9.47 Å². The van der Waals surface area contributed by atoms with Gasteiger partial charge in [0.1, 0.15) is 17.4 Å². The van der Waals surface area contributed by atoms with Gasteiger partial charge in [-0.2, -0.15) is 5.26 Å². The number of hydrogen-bond acceptors (Lipinski definition) is 6. The summed E-state index contributed by atoms with van der Waals surface area (Å²) in [6, 6.07) is 15.8. The number of hydrogen-bond donors (Lipinski definition) is 2. The zero-order chi connectivity index (χ0) is 22.6. The van der Waals surface area contributed by atoms with Crippen LogP contribution < -0.4 is 15.4 Å². The van der Waals surface area contributed by atoms with Gasteiger partial charge in [-0.15, -0.1) is 0 Å². The van der Waals surface area contributed by atoms with Gasteiger partial charge >= 0.3 is 5.97 Å². The van der Waals surface area contributed by atoms with Crippen LogP contribution in [0.4, 0.5) is 5.69 Å². The molecule has 2 rings (SSSR count). The van der Waals surface area contributed by atoms with Crippen LogP contribution >= 0.6 is 0 Å². The number of esters is 1. The predicted octanol–water partition coefficient (Wildman–Crippen LogP) is 4.35. The van der Waals surface area contributed by atoms with E-state index in [1.807, 2.05) is 44.2 Å². The molecule has 0 aromatic heterocycles. The Bertz CT molecular complexity index is 962. The number of ether oxygens (including phenoxy) is 2. The van der Waals surface area contributed by atoms with E-state index < -0.39 is 11.9 Å². The first kappa shape index (κ1) is 23.5. The lowest BCUT2D eigenvalue weighted by Gasteiger charge is -2.14. The van der Waals surface area contributed by atoms with Gasteiger partial charge in [0.05, 0.1) is 25.0 Å². The van der Waals surface area contributed by atoms with Gasteiger partial charge in [0.15, 0.2) is 0 Å². The Hall–Kier alpha value is -3.79. The Kier molecular flexibility index (Phi) is 9.12. The van der Waals surface area contributed by atoms with Crippen LogP contribution in [-0.2, 0) is 9.53 Å². The smallest absolute Gasteiger partial charge is 0.340 e. The Morgan fingerprint density at radius 3 is 2.52 bits per heavy atom. The van der Waals surface area contributed by atoms with Gasteiger partial charge in [0, 0.05) is 12.2 Å². The first-order valence-electron chi connectivity index (χ1n) is 10.1. The van der Waals surface area contributed by atoms with Crippen LogP contribution in [0.3, 0.4) is 0 Å².